The summed E-state index contributed by atoms with van der Waals surface area (Å²) in [4.78, 5) is 25.3. The second-order valence-corrected chi connectivity index (χ2v) is 6.81. The summed E-state index contributed by atoms with van der Waals surface area (Å²) >= 11 is 0. The van der Waals surface area contributed by atoms with Gasteiger partial charge in [0.05, 0.1) is 12.7 Å². The molecule has 1 unspecified atom stereocenters. The summed E-state index contributed by atoms with van der Waals surface area (Å²) in [5.41, 5.74) is 0. The number of carbonyl (C=O) groups is 1. The quantitative estimate of drug-likeness (QED) is 0.764. The average Bonchev–Trinajstić information content (AvgIpc) is 2.63. The van der Waals surface area contributed by atoms with Gasteiger partial charge in [-0.25, -0.2) is 4.98 Å². The molecule has 0 radical (unpaired) electrons. The van der Waals surface area contributed by atoms with E-state index in [9.17, 15) is 4.79 Å². The second-order valence-electron chi connectivity index (χ2n) is 6.81. The number of amides is 1. The van der Waals surface area contributed by atoms with Crippen LogP contribution in [-0.4, -0.2) is 72.6 Å². The zero-order chi connectivity index (χ0) is 16.8. The van der Waals surface area contributed by atoms with Crippen LogP contribution in [0.1, 0.15) is 25.7 Å². The topological polar surface area (TPSA) is 73.4 Å². The molecule has 2 aliphatic rings. The highest BCUT2D eigenvalue weighted by atomic mass is 35.5. The Balaban J connectivity index is 0.00000169. The van der Waals surface area contributed by atoms with Gasteiger partial charge in [-0.05, 0) is 45.8 Å². The highest BCUT2D eigenvalue weighted by Gasteiger charge is 2.24. The van der Waals surface area contributed by atoms with Crippen LogP contribution < -0.4 is 15.5 Å². The van der Waals surface area contributed by atoms with Crippen molar-refractivity contribution in [1.82, 2.24) is 25.5 Å². The van der Waals surface area contributed by atoms with Gasteiger partial charge < -0.3 is 15.5 Å². The smallest absolute Gasteiger partial charge is 0.234 e. The number of nitrogens with zero attached hydrogens (tertiary/aromatic N) is 4. The Morgan fingerprint density at radius 3 is 2.77 bits per heavy atom. The standard InChI is InChI=1S/C17H28N6O.2ClH/c1-22(15-4-6-18-7-5-15)13-17(24)21-14-3-2-10-23(12-14)16-11-19-8-9-20-16;;/h8-9,11,14-15,18H,2-7,10,12-13H2,1H3,(H,21,24);2*1H. The molecule has 1 atom stereocenters. The number of hydrogen-bond donors (Lipinski definition) is 2. The summed E-state index contributed by atoms with van der Waals surface area (Å²) in [5.74, 6) is 1.02. The molecule has 2 saturated heterocycles. The lowest BCUT2D eigenvalue weighted by atomic mass is 10.0. The van der Waals surface area contributed by atoms with Crippen LogP contribution in [0.4, 0.5) is 5.82 Å². The summed E-state index contributed by atoms with van der Waals surface area (Å²) < 4.78 is 0. The van der Waals surface area contributed by atoms with Crippen LogP contribution in [0.15, 0.2) is 18.6 Å². The molecule has 0 bridgehead atoms. The molecule has 9 heteroatoms. The van der Waals surface area contributed by atoms with Crippen LogP contribution in [0.25, 0.3) is 0 Å². The zero-order valence-electron chi connectivity index (χ0n) is 15.3. The van der Waals surface area contributed by atoms with E-state index in [1.807, 2.05) is 0 Å². The van der Waals surface area contributed by atoms with Gasteiger partial charge in [0.25, 0.3) is 0 Å². The fourth-order valence-electron chi connectivity index (χ4n) is 3.63. The molecule has 1 aromatic heterocycles. The second kappa shape index (κ2) is 11.5. The van der Waals surface area contributed by atoms with Crippen molar-refractivity contribution in [3.63, 3.8) is 0 Å². The Hall–Kier alpha value is -1.15. The van der Waals surface area contributed by atoms with Crippen molar-refractivity contribution in [2.45, 2.75) is 37.8 Å². The minimum Gasteiger partial charge on any atom is -0.353 e. The molecule has 2 aliphatic heterocycles. The predicted molar refractivity (Wildman–Crippen MR) is 108 cm³/mol. The first-order valence-electron chi connectivity index (χ1n) is 8.93. The van der Waals surface area contributed by atoms with E-state index in [4.69, 9.17) is 0 Å². The number of aromatic nitrogens is 2. The molecule has 0 aromatic carbocycles. The van der Waals surface area contributed by atoms with E-state index in [0.29, 0.717) is 12.6 Å². The lowest BCUT2D eigenvalue weighted by Crippen LogP contribution is -2.51. The molecule has 1 aromatic rings. The number of halogens is 2. The number of anilines is 1. The van der Waals surface area contributed by atoms with Crippen LogP contribution in [-0.2, 0) is 4.79 Å². The van der Waals surface area contributed by atoms with Gasteiger partial charge in [-0.15, -0.1) is 24.8 Å². The molecular weight excluding hydrogens is 375 g/mol. The first kappa shape index (κ1) is 22.9. The summed E-state index contributed by atoms with van der Waals surface area (Å²) in [6.07, 6.45) is 9.51. The summed E-state index contributed by atoms with van der Waals surface area (Å²) in [6, 6.07) is 0.703. The number of hydrogen-bond acceptors (Lipinski definition) is 6. The maximum Gasteiger partial charge on any atom is 0.234 e. The minimum atomic E-state index is 0. The summed E-state index contributed by atoms with van der Waals surface area (Å²) in [5, 5.41) is 6.57. The zero-order valence-corrected chi connectivity index (χ0v) is 16.9. The van der Waals surface area contributed by atoms with Crippen molar-refractivity contribution < 1.29 is 4.79 Å². The SMILES string of the molecule is CN(CC(=O)NC1CCCN(c2cnccn2)C1)C1CCNCC1.Cl.Cl. The van der Waals surface area contributed by atoms with E-state index in [1.54, 1.807) is 18.6 Å². The van der Waals surface area contributed by atoms with Gasteiger partial charge in [-0.1, -0.05) is 0 Å². The summed E-state index contributed by atoms with van der Waals surface area (Å²) in [7, 11) is 2.06. The van der Waals surface area contributed by atoms with Gasteiger partial charge in [-0.3, -0.25) is 14.7 Å². The van der Waals surface area contributed by atoms with Crippen molar-refractivity contribution >= 4 is 36.5 Å². The van der Waals surface area contributed by atoms with Gasteiger partial charge >= 0.3 is 0 Å². The van der Waals surface area contributed by atoms with Gasteiger partial charge in [0.1, 0.15) is 5.82 Å². The monoisotopic (exact) mass is 404 g/mol. The Morgan fingerprint density at radius 2 is 2.08 bits per heavy atom. The van der Waals surface area contributed by atoms with Crippen molar-refractivity contribution in [2.24, 2.45) is 0 Å². The molecule has 3 rings (SSSR count). The number of likely N-dealkylation sites (N-methyl/N-ethyl adjacent to an activating group) is 1. The normalized spacial score (nSPS) is 20.8. The number of piperidine rings is 2. The maximum absolute atomic E-state index is 12.4. The molecule has 1 amide bonds. The van der Waals surface area contributed by atoms with E-state index in [1.165, 1.54) is 0 Å². The molecule has 7 nitrogen and oxygen atoms in total. The Morgan fingerprint density at radius 1 is 1.31 bits per heavy atom. The van der Waals surface area contributed by atoms with E-state index < -0.39 is 0 Å². The Labute approximate surface area is 168 Å². The van der Waals surface area contributed by atoms with Crippen LogP contribution >= 0.6 is 24.8 Å². The van der Waals surface area contributed by atoms with Crippen LogP contribution in [0.3, 0.4) is 0 Å². The lowest BCUT2D eigenvalue weighted by Gasteiger charge is -2.35. The van der Waals surface area contributed by atoms with Crippen molar-refractivity contribution in [1.29, 1.82) is 0 Å². The van der Waals surface area contributed by atoms with Gasteiger partial charge in [0.15, 0.2) is 0 Å². The molecule has 26 heavy (non-hydrogen) atoms. The first-order valence-corrected chi connectivity index (χ1v) is 8.93. The Kier molecular flexibility index (Phi) is 10.2. The average molecular weight is 405 g/mol. The van der Waals surface area contributed by atoms with Crippen molar-refractivity contribution in [3.05, 3.63) is 18.6 Å². The fourth-order valence-corrected chi connectivity index (χ4v) is 3.63. The third-order valence-electron chi connectivity index (χ3n) is 4.99. The molecule has 3 heterocycles. The lowest BCUT2D eigenvalue weighted by molar-refractivity contribution is -0.123. The third-order valence-corrected chi connectivity index (χ3v) is 4.99. The maximum atomic E-state index is 12.4. The van der Waals surface area contributed by atoms with E-state index in [-0.39, 0.29) is 36.8 Å². The van der Waals surface area contributed by atoms with Gasteiger partial charge in [0, 0.05) is 37.6 Å². The van der Waals surface area contributed by atoms with Crippen LogP contribution in [0.5, 0.6) is 0 Å². The molecule has 0 spiro atoms. The third kappa shape index (κ3) is 6.54. The minimum absolute atomic E-state index is 0. The number of rotatable bonds is 5. The first-order chi connectivity index (χ1) is 11.7. The van der Waals surface area contributed by atoms with Crippen LogP contribution in [0, 0.1) is 0 Å². The highest BCUT2D eigenvalue weighted by Crippen LogP contribution is 2.16. The predicted octanol–water partition coefficient (Wildman–Crippen LogP) is 1.09. The molecule has 0 saturated carbocycles. The molecule has 2 N–H and O–H groups in total. The largest absolute Gasteiger partial charge is 0.353 e. The molecule has 0 aliphatic carbocycles. The van der Waals surface area contributed by atoms with Crippen molar-refractivity contribution in [3.8, 4) is 0 Å². The number of nitrogens with one attached hydrogen (secondary N) is 2. The highest BCUT2D eigenvalue weighted by molar-refractivity contribution is 5.85. The molecular formula is C17H30Cl2N6O. The van der Waals surface area contributed by atoms with E-state index in [2.05, 4.69) is 37.4 Å². The van der Waals surface area contributed by atoms with Crippen molar-refractivity contribution in [2.75, 3.05) is 44.7 Å². The van der Waals surface area contributed by atoms with Gasteiger partial charge in [-0.2, -0.15) is 0 Å². The Bertz CT molecular complexity index is 529. The van der Waals surface area contributed by atoms with Crippen LogP contribution in [0.2, 0.25) is 0 Å². The summed E-state index contributed by atoms with van der Waals surface area (Å²) in [6.45, 7) is 4.35. The number of carbonyl (C=O) groups excluding carboxylic acids is 1. The van der Waals surface area contributed by atoms with E-state index in [0.717, 1.165) is 57.7 Å². The van der Waals surface area contributed by atoms with E-state index >= 15 is 0 Å². The van der Waals surface area contributed by atoms with Gasteiger partial charge in [0.2, 0.25) is 5.91 Å². The molecule has 148 valence electrons. The fraction of sp³-hybridized carbons (Fsp3) is 0.706. The molecule has 2 fully saturated rings.